The molecule has 0 spiro atoms. The molecule has 1 aromatic rings. The molecule has 7 heteroatoms. The van der Waals surface area contributed by atoms with E-state index in [2.05, 4.69) is 5.32 Å². The van der Waals surface area contributed by atoms with Crippen LogP contribution in [0.15, 0.2) is 12.1 Å². The molecule has 1 aliphatic rings. The summed E-state index contributed by atoms with van der Waals surface area (Å²) in [5, 5.41) is 3.99. The molecule has 1 heterocycles. The van der Waals surface area contributed by atoms with Gasteiger partial charge in [0, 0.05) is 16.0 Å². The first-order chi connectivity index (χ1) is 8.33. The molecule has 1 N–H and O–H groups in total. The Balaban J connectivity index is 0.00000180. The average molecular weight is 345 g/mol. The van der Waals surface area contributed by atoms with Crippen molar-refractivity contribution in [3.63, 3.8) is 0 Å². The van der Waals surface area contributed by atoms with Crippen LogP contribution in [0.3, 0.4) is 0 Å². The zero-order valence-electron chi connectivity index (χ0n) is 10.3. The lowest BCUT2D eigenvalue weighted by Crippen LogP contribution is -2.47. The molecule has 0 saturated carbocycles. The number of hydrogen-bond donors (Lipinski definition) is 1. The molecule has 1 saturated heterocycles. The normalized spacial score (nSPS) is 21.1. The van der Waals surface area contributed by atoms with Gasteiger partial charge in [0.15, 0.2) is 0 Å². The molecular formula is C12H13Cl4NO2. The molecule has 1 atom stereocenters. The van der Waals surface area contributed by atoms with Gasteiger partial charge in [-0.05, 0) is 12.1 Å². The Morgan fingerprint density at radius 3 is 2.47 bits per heavy atom. The van der Waals surface area contributed by atoms with E-state index in [1.165, 1.54) is 0 Å². The summed E-state index contributed by atoms with van der Waals surface area (Å²) in [6.45, 7) is 4.22. The Labute approximate surface area is 133 Å². The second-order valence-electron chi connectivity index (χ2n) is 4.90. The van der Waals surface area contributed by atoms with E-state index in [9.17, 15) is 4.79 Å². The van der Waals surface area contributed by atoms with Crippen molar-refractivity contribution >= 4 is 53.3 Å². The van der Waals surface area contributed by atoms with E-state index in [1.54, 1.807) is 12.1 Å². The Morgan fingerprint density at radius 1 is 1.26 bits per heavy atom. The first-order valence-electron chi connectivity index (χ1n) is 5.39. The number of carbonyl (C=O) groups is 1. The number of carbonyl (C=O) groups excluding carboxylic acids is 1. The standard InChI is InChI=1S/C12H12Cl3NO2.ClH/c1-12(2)5-18-11(17)16-10(12)8-6(13)3-4-7(14)9(8)15;/h3-4,10H,5H2,1-2H3,(H,16,17);1H/t10-;/m1./s1. The molecule has 0 unspecified atom stereocenters. The van der Waals surface area contributed by atoms with Gasteiger partial charge in [-0.25, -0.2) is 4.79 Å². The highest BCUT2D eigenvalue weighted by Gasteiger charge is 2.40. The van der Waals surface area contributed by atoms with Crippen LogP contribution in [-0.2, 0) is 4.74 Å². The molecular weight excluding hydrogens is 332 g/mol. The number of amides is 1. The summed E-state index contributed by atoms with van der Waals surface area (Å²) in [6.07, 6.45) is -0.480. The second-order valence-corrected chi connectivity index (χ2v) is 6.09. The second kappa shape index (κ2) is 5.96. The molecule has 0 aromatic heterocycles. The molecule has 19 heavy (non-hydrogen) atoms. The molecule has 1 amide bonds. The highest BCUT2D eigenvalue weighted by molar-refractivity contribution is 6.44. The Hall–Kier alpha value is -0.350. The molecule has 2 rings (SSSR count). The quantitative estimate of drug-likeness (QED) is 0.737. The van der Waals surface area contributed by atoms with Gasteiger partial charge in [0.1, 0.15) is 6.61 Å². The Kier molecular flexibility index (Phi) is 5.24. The fourth-order valence-corrected chi connectivity index (χ4v) is 2.71. The van der Waals surface area contributed by atoms with E-state index in [4.69, 9.17) is 39.5 Å². The van der Waals surface area contributed by atoms with E-state index in [0.29, 0.717) is 27.2 Å². The van der Waals surface area contributed by atoms with Gasteiger partial charge in [0.05, 0.1) is 16.1 Å². The van der Waals surface area contributed by atoms with Crippen molar-refractivity contribution in [2.45, 2.75) is 19.9 Å². The highest BCUT2D eigenvalue weighted by atomic mass is 35.5. The lowest BCUT2D eigenvalue weighted by atomic mass is 9.80. The highest BCUT2D eigenvalue weighted by Crippen LogP contribution is 2.44. The smallest absolute Gasteiger partial charge is 0.407 e. The van der Waals surface area contributed by atoms with Gasteiger partial charge in [-0.2, -0.15) is 0 Å². The molecule has 1 fully saturated rings. The van der Waals surface area contributed by atoms with Crippen LogP contribution in [0.4, 0.5) is 4.79 Å². The van der Waals surface area contributed by atoms with Gasteiger partial charge in [-0.15, -0.1) is 12.4 Å². The zero-order chi connectivity index (χ0) is 13.5. The minimum Gasteiger partial charge on any atom is -0.449 e. The summed E-state index contributed by atoms with van der Waals surface area (Å²) >= 11 is 18.4. The van der Waals surface area contributed by atoms with Crippen LogP contribution in [0.25, 0.3) is 0 Å². The number of benzene rings is 1. The van der Waals surface area contributed by atoms with Gasteiger partial charge < -0.3 is 10.1 Å². The Morgan fingerprint density at radius 2 is 1.84 bits per heavy atom. The molecule has 3 nitrogen and oxygen atoms in total. The van der Waals surface area contributed by atoms with Gasteiger partial charge in [-0.3, -0.25) is 0 Å². The number of halogens is 4. The van der Waals surface area contributed by atoms with Crippen LogP contribution in [0.1, 0.15) is 25.5 Å². The van der Waals surface area contributed by atoms with Crippen molar-refractivity contribution in [2.24, 2.45) is 5.41 Å². The maximum Gasteiger partial charge on any atom is 0.407 e. The van der Waals surface area contributed by atoms with Crippen LogP contribution in [0, 0.1) is 5.41 Å². The monoisotopic (exact) mass is 343 g/mol. The minimum absolute atomic E-state index is 0. The number of rotatable bonds is 1. The molecule has 1 aliphatic heterocycles. The summed E-state index contributed by atoms with van der Waals surface area (Å²) in [5.41, 5.74) is 0.304. The number of hydrogen-bond acceptors (Lipinski definition) is 2. The number of nitrogens with one attached hydrogen (secondary N) is 1. The molecule has 0 aliphatic carbocycles. The van der Waals surface area contributed by atoms with Crippen LogP contribution >= 0.6 is 47.2 Å². The van der Waals surface area contributed by atoms with E-state index >= 15 is 0 Å². The van der Waals surface area contributed by atoms with Gasteiger partial charge >= 0.3 is 6.09 Å². The number of cyclic esters (lactones) is 1. The van der Waals surface area contributed by atoms with Crippen molar-refractivity contribution in [2.75, 3.05) is 6.61 Å². The van der Waals surface area contributed by atoms with Crippen LogP contribution in [-0.4, -0.2) is 12.7 Å². The van der Waals surface area contributed by atoms with Crippen molar-refractivity contribution in [1.82, 2.24) is 5.32 Å². The maximum atomic E-state index is 11.4. The maximum absolute atomic E-state index is 11.4. The van der Waals surface area contributed by atoms with Crippen LogP contribution < -0.4 is 5.32 Å². The van der Waals surface area contributed by atoms with E-state index in [0.717, 1.165) is 0 Å². The van der Waals surface area contributed by atoms with Crippen molar-refractivity contribution < 1.29 is 9.53 Å². The summed E-state index contributed by atoms with van der Waals surface area (Å²) in [7, 11) is 0. The molecule has 1 aromatic carbocycles. The number of ether oxygens (including phenoxy) is 1. The molecule has 0 radical (unpaired) electrons. The summed E-state index contributed by atoms with van der Waals surface area (Å²) < 4.78 is 4.99. The van der Waals surface area contributed by atoms with Crippen LogP contribution in [0.2, 0.25) is 15.1 Å². The largest absolute Gasteiger partial charge is 0.449 e. The zero-order valence-corrected chi connectivity index (χ0v) is 13.4. The van der Waals surface area contributed by atoms with E-state index in [1.807, 2.05) is 13.8 Å². The average Bonchev–Trinajstić information content (AvgIpc) is 2.29. The summed E-state index contributed by atoms with van der Waals surface area (Å²) in [5.74, 6) is 0. The first kappa shape index (κ1) is 16.7. The van der Waals surface area contributed by atoms with E-state index in [-0.39, 0.29) is 23.9 Å². The summed E-state index contributed by atoms with van der Waals surface area (Å²) in [6, 6.07) is 2.96. The SMILES string of the molecule is CC1(C)COC(=O)N[C@@H]1c1c(Cl)ccc(Cl)c1Cl.Cl. The van der Waals surface area contributed by atoms with Crippen LogP contribution in [0.5, 0.6) is 0 Å². The lowest BCUT2D eigenvalue weighted by Gasteiger charge is -2.39. The topological polar surface area (TPSA) is 38.3 Å². The number of alkyl carbamates (subject to hydrolysis) is 1. The predicted molar refractivity (Wildman–Crippen MR) is 79.7 cm³/mol. The van der Waals surface area contributed by atoms with Crippen molar-refractivity contribution in [3.8, 4) is 0 Å². The molecule has 106 valence electrons. The third kappa shape index (κ3) is 3.22. The Bertz CT molecular complexity index is 505. The van der Waals surface area contributed by atoms with Gasteiger partial charge in [-0.1, -0.05) is 48.7 Å². The minimum atomic E-state index is -0.480. The fourth-order valence-electron chi connectivity index (χ4n) is 1.96. The third-order valence-corrected chi connectivity index (χ3v) is 4.14. The van der Waals surface area contributed by atoms with Gasteiger partial charge in [0.25, 0.3) is 0 Å². The predicted octanol–water partition coefficient (Wildman–Crippen LogP) is 4.88. The van der Waals surface area contributed by atoms with E-state index < -0.39 is 6.09 Å². The first-order valence-corrected chi connectivity index (χ1v) is 6.53. The fraction of sp³-hybridized carbons (Fsp3) is 0.417. The van der Waals surface area contributed by atoms with Crippen molar-refractivity contribution in [3.05, 3.63) is 32.8 Å². The van der Waals surface area contributed by atoms with Crippen molar-refractivity contribution in [1.29, 1.82) is 0 Å². The van der Waals surface area contributed by atoms with Gasteiger partial charge in [0.2, 0.25) is 0 Å². The third-order valence-electron chi connectivity index (χ3n) is 2.99. The lowest BCUT2D eigenvalue weighted by molar-refractivity contribution is 0.0388. The molecule has 0 bridgehead atoms. The summed E-state index contributed by atoms with van der Waals surface area (Å²) in [4.78, 5) is 11.4.